The zero-order chi connectivity index (χ0) is 24.7. The second kappa shape index (κ2) is 9.38. The first-order chi connectivity index (χ1) is 16.8. The van der Waals surface area contributed by atoms with Crippen molar-refractivity contribution in [1.82, 2.24) is 0 Å². The molecular weight excluding hydrogens is 505 g/mol. The summed E-state index contributed by atoms with van der Waals surface area (Å²) in [4.78, 5) is 25.6. The Balaban J connectivity index is 1.39. The van der Waals surface area contributed by atoms with Crippen LogP contribution in [0.4, 0.5) is 9.80 Å². The lowest BCUT2D eigenvalue weighted by Crippen LogP contribution is -2.18. The molecule has 0 atom stereocenters. The molecule has 1 aliphatic carbocycles. The summed E-state index contributed by atoms with van der Waals surface area (Å²) < 4.78 is 5.59. The maximum absolute atomic E-state index is 12.8. The first-order valence-corrected chi connectivity index (χ1v) is 12.4. The molecule has 8 heteroatoms. The highest BCUT2D eigenvalue weighted by atomic mass is 35.5. The second-order valence-corrected chi connectivity index (χ2v) is 10.2. The van der Waals surface area contributed by atoms with Gasteiger partial charge in [0.25, 0.3) is 0 Å². The second-order valence-electron chi connectivity index (χ2n) is 8.12. The lowest BCUT2D eigenvalue weighted by Gasteiger charge is -2.14. The Kier molecular flexibility index (Phi) is 6.28. The summed E-state index contributed by atoms with van der Waals surface area (Å²) in [6, 6.07) is 21.0. The Morgan fingerprint density at radius 3 is 2.20 bits per heavy atom. The zero-order valence-corrected chi connectivity index (χ0v) is 20.8. The third kappa shape index (κ3) is 4.29. The van der Waals surface area contributed by atoms with Crippen molar-refractivity contribution in [2.45, 2.75) is 12.8 Å². The molecule has 0 radical (unpaired) electrons. The molecule has 1 aromatic heterocycles. The molecule has 0 saturated carbocycles. The molecule has 3 aromatic carbocycles. The van der Waals surface area contributed by atoms with Gasteiger partial charge in [-0.25, -0.2) is 9.59 Å². The lowest BCUT2D eigenvalue weighted by molar-refractivity contribution is 0.0699. The van der Waals surface area contributed by atoms with Crippen molar-refractivity contribution < 1.29 is 19.4 Å². The molecule has 0 spiro atoms. The van der Waals surface area contributed by atoms with Crippen molar-refractivity contribution in [3.8, 4) is 22.3 Å². The third-order valence-corrected chi connectivity index (χ3v) is 7.63. The van der Waals surface area contributed by atoms with Crippen LogP contribution >= 0.6 is 34.5 Å². The number of aromatic carboxylic acids is 1. The van der Waals surface area contributed by atoms with Gasteiger partial charge in [-0.1, -0.05) is 77.8 Å². The molecule has 5 rings (SSSR count). The van der Waals surface area contributed by atoms with Gasteiger partial charge in [-0.2, -0.15) is 0 Å². The van der Waals surface area contributed by atoms with E-state index >= 15 is 0 Å². The number of thiophene rings is 1. The number of carbonyl (C=O) groups excluding carboxylic acids is 1. The minimum absolute atomic E-state index is 0.0368. The number of hydrogen-bond donors (Lipinski definition) is 2. The number of rotatable bonds is 5. The van der Waals surface area contributed by atoms with E-state index < -0.39 is 12.1 Å². The number of aryl methyl sites for hydroxylation is 1. The van der Waals surface area contributed by atoms with E-state index in [1.165, 1.54) is 0 Å². The summed E-state index contributed by atoms with van der Waals surface area (Å²) in [6.45, 7) is 1.91. The molecule has 1 amide bonds. The topological polar surface area (TPSA) is 75.6 Å². The number of carboxylic acids is 1. The van der Waals surface area contributed by atoms with Crippen LogP contribution in [0.1, 0.15) is 32.3 Å². The summed E-state index contributed by atoms with van der Waals surface area (Å²) in [6.07, 6.45) is -0.718. The van der Waals surface area contributed by atoms with Gasteiger partial charge in [0, 0.05) is 32.0 Å². The van der Waals surface area contributed by atoms with Crippen LogP contribution in [0, 0.1) is 6.92 Å². The molecule has 1 aliphatic rings. The summed E-state index contributed by atoms with van der Waals surface area (Å²) in [5.41, 5.74) is 5.39. The Bertz CT molecular complexity index is 1430. The van der Waals surface area contributed by atoms with Crippen LogP contribution in [-0.2, 0) is 4.74 Å². The summed E-state index contributed by atoms with van der Waals surface area (Å²) in [5, 5.41) is 13.5. The Labute approximate surface area is 215 Å². The number of hydrogen-bond acceptors (Lipinski definition) is 4. The van der Waals surface area contributed by atoms with Gasteiger partial charge in [0.05, 0.1) is 0 Å². The van der Waals surface area contributed by atoms with Crippen LogP contribution in [-0.4, -0.2) is 23.8 Å². The molecule has 5 nitrogen and oxygen atoms in total. The van der Waals surface area contributed by atoms with Crippen molar-refractivity contribution in [2.75, 3.05) is 11.9 Å². The molecule has 0 fully saturated rings. The van der Waals surface area contributed by atoms with Crippen molar-refractivity contribution in [3.05, 3.63) is 98.3 Å². The fraction of sp³-hybridized carbons (Fsp3) is 0.111. The number of ether oxygens (including phenoxy) is 1. The first-order valence-electron chi connectivity index (χ1n) is 10.8. The average molecular weight is 524 g/mol. The lowest BCUT2D eigenvalue weighted by atomic mass is 9.98. The number of amides is 1. The highest BCUT2D eigenvalue weighted by Crippen LogP contribution is 2.45. The third-order valence-electron chi connectivity index (χ3n) is 6.06. The largest absolute Gasteiger partial charge is 0.478 e. The molecule has 176 valence electrons. The molecule has 0 saturated heterocycles. The minimum Gasteiger partial charge on any atom is -0.478 e. The van der Waals surface area contributed by atoms with Crippen molar-refractivity contribution in [3.63, 3.8) is 0 Å². The molecule has 0 aliphatic heterocycles. The van der Waals surface area contributed by atoms with E-state index in [4.69, 9.17) is 27.9 Å². The minimum atomic E-state index is -1.18. The highest BCUT2D eigenvalue weighted by Gasteiger charge is 2.30. The van der Waals surface area contributed by atoms with E-state index in [9.17, 15) is 14.7 Å². The Morgan fingerprint density at radius 2 is 1.60 bits per heavy atom. The van der Waals surface area contributed by atoms with Crippen LogP contribution in [0.5, 0.6) is 0 Å². The van der Waals surface area contributed by atoms with Crippen LogP contribution in [0.15, 0.2) is 66.7 Å². The number of fused-ring (bicyclic) bond motifs is 3. The van der Waals surface area contributed by atoms with Gasteiger partial charge in [0.2, 0.25) is 0 Å². The summed E-state index contributed by atoms with van der Waals surface area (Å²) in [5.74, 6) is -1.27. The van der Waals surface area contributed by atoms with Crippen LogP contribution in [0.25, 0.3) is 22.3 Å². The van der Waals surface area contributed by atoms with E-state index in [0.29, 0.717) is 26.0 Å². The normalized spacial score (nSPS) is 12.2. The first kappa shape index (κ1) is 23.4. The standard InChI is InChI=1S/C27H19Cl2NO4S/c1-14-23(20-11-10-15(28)12-22(20)29)24(26(31)32)25(35-14)30-27(33)34-13-21-18-8-4-2-6-16(18)17-7-3-5-9-19(17)21/h2-12,21H,13H2,1H3,(H,30,33)(H,31,32). The molecule has 2 N–H and O–H groups in total. The summed E-state index contributed by atoms with van der Waals surface area (Å²) >= 11 is 13.5. The van der Waals surface area contributed by atoms with E-state index in [1.54, 1.807) is 25.1 Å². The average Bonchev–Trinajstić information content (AvgIpc) is 3.32. The predicted octanol–water partition coefficient (Wildman–Crippen LogP) is 8.09. The molecule has 35 heavy (non-hydrogen) atoms. The fourth-order valence-electron chi connectivity index (χ4n) is 4.58. The number of anilines is 1. The van der Waals surface area contributed by atoms with Gasteiger partial charge >= 0.3 is 12.1 Å². The maximum Gasteiger partial charge on any atom is 0.412 e. The number of nitrogens with one attached hydrogen (secondary N) is 1. The summed E-state index contributed by atoms with van der Waals surface area (Å²) in [7, 11) is 0. The van der Waals surface area contributed by atoms with E-state index in [0.717, 1.165) is 33.6 Å². The van der Waals surface area contributed by atoms with Gasteiger partial charge in [-0.3, -0.25) is 5.32 Å². The molecular formula is C27H19Cl2NO4S. The van der Waals surface area contributed by atoms with Crippen molar-refractivity contribution >= 4 is 51.6 Å². The molecule has 0 bridgehead atoms. The van der Waals surface area contributed by atoms with Gasteiger partial charge < -0.3 is 9.84 Å². The van der Waals surface area contributed by atoms with E-state index in [2.05, 4.69) is 17.4 Å². The number of carboxylic acid groups (broad SMARTS) is 1. The van der Waals surface area contributed by atoms with Gasteiger partial charge in [0.1, 0.15) is 17.2 Å². The fourth-order valence-corrected chi connectivity index (χ4v) is 6.13. The quantitative estimate of drug-likeness (QED) is 0.277. The molecule has 0 unspecified atom stereocenters. The van der Waals surface area contributed by atoms with Crippen LogP contribution < -0.4 is 5.32 Å². The highest BCUT2D eigenvalue weighted by molar-refractivity contribution is 7.17. The maximum atomic E-state index is 12.8. The molecule has 1 heterocycles. The zero-order valence-electron chi connectivity index (χ0n) is 18.5. The van der Waals surface area contributed by atoms with Crippen LogP contribution in [0.2, 0.25) is 10.0 Å². The van der Waals surface area contributed by atoms with Crippen LogP contribution in [0.3, 0.4) is 0 Å². The molecule has 4 aromatic rings. The number of benzene rings is 3. The Hall–Kier alpha value is -3.32. The number of halogens is 2. The van der Waals surface area contributed by atoms with Crippen molar-refractivity contribution in [1.29, 1.82) is 0 Å². The SMILES string of the molecule is Cc1sc(NC(=O)OCC2c3ccccc3-c3ccccc32)c(C(=O)O)c1-c1ccc(Cl)cc1Cl. The predicted molar refractivity (Wildman–Crippen MR) is 140 cm³/mol. The Morgan fingerprint density at radius 1 is 0.971 bits per heavy atom. The van der Waals surface area contributed by atoms with Gasteiger partial charge in [-0.05, 0) is 41.3 Å². The smallest absolute Gasteiger partial charge is 0.412 e. The van der Waals surface area contributed by atoms with E-state index in [1.807, 2.05) is 36.4 Å². The van der Waals surface area contributed by atoms with E-state index in [-0.39, 0.29) is 23.1 Å². The van der Waals surface area contributed by atoms with Gasteiger partial charge in [0.15, 0.2) is 0 Å². The van der Waals surface area contributed by atoms with Gasteiger partial charge in [-0.15, -0.1) is 11.3 Å². The van der Waals surface area contributed by atoms with Crippen molar-refractivity contribution in [2.24, 2.45) is 0 Å². The monoisotopic (exact) mass is 523 g/mol. The number of carbonyl (C=O) groups is 2.